The van der Waals surface area contributed by atoms with E-state index < -0.39 is 11.6 Å². The molecule has 1 rings (SSSR count). The van der Waals surface area contributed by atoms with Crippen molar-refractivity contribution in [2.75, 3.05) is 6.54 Å². The first-order chi connectivity index (χ1) is 9.10. The summed E-state index contributed by atoms with van der Waals surface area (Å²) >= 11 is 0. The highest BCUT2D eigenvalue weighted by Gasteiger charge is 2.16. The van der Waals surface area contributed by atoms with Crippen LogP contribution in [0.3, 0.4) is 0 Å². The zero-order valence-electron chi connectivity index (χ0n) is 12.2. The average molecular weight is 269 g/mol. The molecule has 0 radical (unpaired) electrons. The van der Waals surface area contributed by atoms with Crippen LogP contribution in [0.4, 0.5) is 8.78 Å². The van der Waals surface area contributed by atoms with Crippen LogP contribution in [0.1, 0.15) is 58.1 Å². The Bertz CT molecular complexity index is 359. The number of halogens is 2. The van der Waals surface area contributed by atoms with Crippen molar-refractivity contribution in [3.63, 3.8) is 0 Å². The molecular formula is C16H25F2N. The summed E-state index contributed by atoms with van der Waals surface area (Å²) in [6.45, 7) is 6.97. The van der Waals surface area contributed by atoms with Crippen molar-refractivity contribution >= 4 is 0 Å². The lowest BCUT2D eigenvalue weighted by Gasteiger charge is -2.20. The van der Waals surface area contributed by atoms with Crippen LogP contribution in [0.15, 0.2) is 18.2 Å². The minimum absolute atomic E-state index is 0.146. The highest BCUT2D eigenvalue weighted by Crippen LogP contribution is 2.21. The molecule has 3 heteroatoms. The van der Waals surface area contributed by atoms with Gasteiger partial charge in [0.2, 0.25) is 0 Å². The van der Waals surface area contributed by atoms with E-state index in [1.54, 1.807) is 0 Å². The van der Waals surface area contributed by atoms with Crippen molar-refractivity contribution in [1.82, 2.24) is 5.32 Å². The molecule has 0 fully saturated rings. The van der Waals surface area contributed by atoms with Gasteiger partial charge in [-0.3, -0.25) is 0 Å². The molecule has 0 aliphatic carbocycles. The minimum atomic E-state index is -0.471. The second-order valence-corrected chi connectivity index (χ2v) is 5.18. The summed E-state index contributed by atoms with van der Waals surface area (Å²) in [5.74, 6) is -0.361. The Balaban J connectivity index is 2.57. The highest BCUT2D eigenvalue weighted by molar-refractivity contribution is 5.22. The average Bonchev–Trinajstić information content (AvgIpc) is 2.38. The Morgan fingerprint density at radius 1 is 1.16 bits per heavy atom. The molecule has 0 aliphatic rings. The fraction of sp³-hybridized carbons (Fsp3) is 0.625. The van der Waals surface area contributed by atoms with Crippen molar-refractivity contribution in [3.05, 3.63) is 35.4 Å². The van der Waals surface area contributed by atoms with Crippen LogP contribution >= 0.6 is 0 Å². The van der Waals surface area contributed by atoms with Crippen molar-refractivity contribution in [2.24, 2.45) is 5.92 Å². The Labute approximate surface area is 115 Å². The van der Waals surface area contributed by atoms with Gasteiger partial charge in [-0.2, -0.15) is 0 Å². The molecular weight excluding hydrogens is 244 g/mol. The van der Waals surface area contributed by atoms with Gasteiger partial charge >= 0.3 is 0 Å². The fourth-order valence-electron chi connectivity index (χ4n) is 2.31. The van der Waals surface area contributed by atoms with E-state index in [1.165, 1.54) is 37.5 Å². The summed E-state index contributed by atoms with van der Waals surface area (Å²) < 4.78 is 27.3. The zero-order chi connectivity index (χ0) is 14.3. The number of hydrogen-bond donors (Lipinski definition) is 1. The third-order valence-electron chi connectivity index (χ3n) is 3.69. The lowest BCUT2D eigenvalue weighted by molar-refractivity contribution is 0.389. The van der Waals surface area contributed by atoms with Gasteiger partial charge in [-0.25, -0.2) is 8.78 Å². The predicted octanol–water partition coefficient (Wildman–Crippen LogP) is 4.83. The van der Waals surface area contributed by atoms with Crippen LogP contribution in [-0.2, 0) is 0 Å². The summed E-state index contributed by atoms with van der Waals surface area (Å²) in [5.41, 5.74) is 0.146. The molecule has 2 atom stereocenters. The van der Waals surface area contributed by atoms with Gasteiger partial charge < -0.3 is 5.32 Å². The van der Waals surface area contributed by atoms with Crippen LogP contribution in [0.25, 0.3) is 0 Å². The number of nitrogens with one attached hydrogen (secondary N) is 1. The van der Waals surface area contributed by atoms with Crippen LogP contribution < -0.4 is 5.32 Å². The molecule has 1 nitrogen and oxygen atoms in total. The molecule has 0 saturated carbocycles. The van der Waals surface area contributed by atoms with Gasteiger partial charge in [-0.05, 0) is 37.9 Å². The standard InChI is InChI=1S/C16H25F2N/c1-4-6-8-13(5-2)11-19-12(3)16-14(17)9-7-10-15(16)18/h7,9-10,12-13,19H,4-6,8,11H2,1-3H3. The van der Waals surface area contributed by atoms with E-state index in [4.69, 9.17) is 0 Å². The summed E-state index contributed by atoms with van der Waals surface area (Å²) in [7, 11) is 0. The lowest BCUT2D eigenvalue weighted by Crippen LogP contribution is -2.26. The van der Waals surface area contributed by atoms with Gasteiger partial charge in [0.1, 0.15) is 11.6 Å². The normalized spacial score (nSPS) is 14.4. The molecule has 1 aromatic carbocycles. The second-order valence-electron chi connectivity index (χ2n) is 5.18. The molecule has 0 amide bonds. The first kappa shape index (κ1) is 16.1. The molecule has 0 heterocycles. The van der Waals surface area contributed by atoms with Gasteiger partial charge in [0, 0.05) is 11.6 Å². The van der Waals surface area contributed by atoms with Crippen molar-refractivity contribution in [2.45, 2.75) is 52.5 Å². The Hall–Kier alpha value is -0.960. The first-order valence-corrected chi connectivity index (χ1v) is 7.27. The molecule has 0 aliphatic heterocycles. The molecule has 0 saturated heterocycles. The Morgan fingerprint density at radius 3 is 2.32 bits per heavy atom. The largest absolute Gasteiger partial charge is 0.310 e. The third-order valence-corrected chi connectivity index (χ3v) is 3.69. The van der Waals surface area contributed by atoms with Crippen molar-refractivity contribution in [1.29, 1.82) is 0 Å². The highest BCUT2D eigenvalue weighted by atomic mass is 19.1. The van der Waals surface area contributed by atoms with Crippen LogP contribution in [0.5, 0.6) is 0 Å². The van der Waals surface area contributed by atoms with Crippen LogP contribution in [-0.4, -0.2) is 6.54 Å². The van der Waals surface area contributed by atoms with Gasteiger partial charge in [-0.1, -0.05) is 39.2 Å². The molecule has 1 N–H and O–H groups in total. The number of hydrogen-bond acceptors (Lipinski definition) is 1. The van der Waals surface area contributed by atoms with E-state index in [9.17, 15) is 8.78 Å². The molecule has 0 bridgehead atoms. The summed E-state index contributed by atoms with van der Waals surface area (Å²) in [6, 6.07) is 3.73. The van der Waals surface area contributed by atoms with Gasteiger partial charge in [0.25, 0.3) is 0 Å². The molecule has 1 aromatic rings. The fourth-order valence-corrected chi connectivity index (χ4v) is 2.31. The Morgan fingerprint density at radius 2 is 1.79 bits per heavy atom. The van der Waals surface area contributed by atoms with E-state index >= 15 is 0 Å². The SMILES string of the molecule is CCCCC(CC)CNC(C)c1c(F)cccc1F. The summed E-state index contributed by atoms with van der Waals surface area (Å²) in [6.07, 6.45) is 4.67. The van der Waals surface area contributed by atoms with E-state index in [0.717, 1.165) is 13.0 Å². The summed E-state index contributed by atoms with van der Waals surface area (Å²) in [5, 5.41) is 3.26. The third kappa shape index (κ3) is 4.90. The topological polar surface area (TPSA) is 12.0 Å². The smallest absolute Gasteiger partial charge is 0.130 e. The quantitative estimate of drug-likeness (QED) is 0.712. The summed E-state index contributed by atoms with van der Waals surface area (Å²) in [4.78, 5) is 0. The number of rotatable bonds is 8. The van der Waals surface area contributed by atoms with E-state index in [-0.39, 0.29) is 11.6 Å². The van der Waals surface area contributed by atoms with E-state index in [0.29, 0.717) is 5.92 Å². The zero-order valence-corrected chi connectivity index (χ0v) is 12.2. The van der Waals surface area contributed by atoms with E-state index in [1.807, 2.05) is 6.92 Å². The maximum atomic E-state index is 13.6. The van der Waals surface area contributed by atoms with Gasteiger partial charge in [-0.15, -0.1) is 0 Å². The van der Waals surface area contributed by atoms with E-state index in [2.05, 4.69) is 19.2 Å². The van der Waals surface area contributed by atoms with Gasteiger partial charge in [0.05, 0.1) is 0 Å². The predicted molar refractivity (Wildman–Crippen MR) is 76.1 cm³/mol. The molecule has 108 valence electrons. The first-order valence-electron chi connectivity index (χ1n) is 7.27. The van der Waals surface area contributed by atoms with Crippen molar-refractivity contribution in [3.8, 4) is 0 Å². The number of benzene rings is 1. The monoisotopic (exact) mass is 269 g/mol. The molecule has 2 unspecified atom stereocenters. The van der Waals surface area contributed by atoms with Crippen LogP contribution in [0, 0.1) is 17.6 Å². The maximum Gasteiger partial charge on any atom is 0.130 e. The van der Waals surface area contributed by atoms with Crippen LogP contribution in [0.2, 0.25) is 0 Å². The molecule has 19 heavy (non-hydrogen) atoms. The Kier molecular flexibility index (Phi) is 7.00. The molecule has 0 aromatic heterocycles. The van der Waals surface area contributed by atoms with Gasteiger partial charge in [0.15, 0.2) is 0 Å². The molecule has 0 spiro atoms. The minimum Gasteiger partial charge on any atom is -0.310 e. The second kappa shape index (κ2) is 8.26. The lowest BCUT2D eigenvalue weighted by atomic mass is 9.98. The maximum absolute atomic E-state index is 13.6. The number of unbranched alkanes of at least 4 members (excludes halogenated alkanes) is 1. The van der Waals surface area contributed by atoms with Crippen molar-refractivity contribution < 1.29 is 8.78 Å².